The van der Waals surface area contributed by atoms with Crippen LogP contribution < -0.4 is 0 Å². The molecule has 0 saturated carbocycles. The molecular weight excluding hydrogens is 464 g/mol. The van der Waals surface area contributed by atoms with E-state index in [1.54, 1.807) is 0 Å². The standard InChI is InChI=1S/C24H46O11/c1-2-3-4-5-6-7-8-9-10-11-12-32-23-21(31)19(29)22(16(14-26)34-23)35-24-20(30)18(28)17(27)15(13-25)33-24/h15-31H,2-14H2,1H3/t15?,16?,17-,18+,19-,20?,21?,22-,23-,24+/m1/s1. The summed E-state index contributed by atoms with van der Waals surface area (Å²) < 4.78 is 22.0. The van der Waals surface area contributed by atoms with Gasteiger partial charge in [0.25, 0.3) is 0 Å². The van der Waals surface area contributed by atoms with E-state index in [1.807, 2.05) is 0 Å². The Labute approximate surface area is 207 Å². The lowest BCUT2D eigenvalue weighted by Crippen LogP contribution is -2.64. The third-order valence-corrected chi connectivity index (χ3v) is 6.74. The molecule has 35 heavy (non-hydrogen) atoms. The van der Waals surface area contributed by atoms with Crippen molar-refractivity contribution in [2.24, 2.45) is 0 Å². The van der Waals surface area contributed by atoms with Crippen molar-refractivity contribution in [1.82, 2.24) is 0 Å². The maximum Gasteiger partial charge on any atom is 0.187 e. The molecule has 2 rings (SSSR count). The minimum absolute atomic E-state index is 0.321. The van der Waals surface area contributed by atoms with Crippen LogP contribution in [0.2, 0.25) is 0 Å². The van der Waals surface area contributed by atoms with E-state index in [0.29, 0.717) is 6.61 Å². The second kappa shape index (κ2) is 16.4. The summed E-state index contributed by atoms with van der Waals surface area (Å²) in [6.07, 6.45) is -2.63. The van der Waals surface area contributed by atoms with Crippen molar-refractivity contribution in [3.8, 4) is 0 Å². The first-order valence-electron chi connectivity index (χ1n) is 13.1. The average Bonchev–Trinajstić information content (AvgIpc) is 2.86. The first-order valence-corrected chi connectivity index (χ1v) is 13.1. The number of ether oxygens (including phenoxy) is 4. The van der Waals surface area contributed by atoms with Crippen molar-refractivity contribution < 1.29 is 54.7 Å². The van der Waals surface area contributed by atoms with Crippen LogP contribution in [0.15, 0.2) is 0 Å². The van der Waals surface area contributed by atoms with Crippen LogP contribution in [0, 0.1) is 0 Å². The Balaban J connectivity index is 1.74. The van der Waals surface area contributed by atoms with Gasteiger partial charge < -0.3 is 54.7 Å². The summed E-state index contributed by atoms with van der Waals surface area (Å²) in [5.41, 5.74) is 0. The quantitative estimate of drug-likeness (QED) is 0.134. The third-order valence-electron chi connectivity index (χ3n) is 6.74. The van der Waals surface area contributed by atoms with Crippen LogP contribution in [-0.2, 0) is 18.9 Å². The molecule has 11 nitrogen and oxygen atoms in total. The fraction of sp³-hybridized carbons (Fsp3) is 1.00. The fourth-order valence-corrected chi connectivity index (χ4v) is 4.48. The van der Waals surface area contributed by atoms with E-state index in [2.05, 4.69) is 6.92 Å². The topological polar surface area (TPSA) is 179 Å². The Kier molecular flexibility index (Phi) is 14.4. The second-order valence-corrected chi connectivity index (χ2v) is 9.56. The number of rotatable bonds is 16. The molecule has 0 aromatic rings. The van der Waals surface area contributed by atoms with Crippen molar-refractivity contribution in [2.45, 2.75) is 133 Å². The molecule has 2 heterocycles. The van der Waals surface area contributed by atoms with Crippen LogP contribution in [0.1, 0.15) is 71.1 Å². The van der Waals surface area contributed by atoms with Gasteiger partial charge in [-0.1, -0.05) is 64.7 Å². The number of aliphatic hydroxyl groups excluding tert-OH is 7. The van der Waals surface area contributed by atoms with Gasteiger partial charge in [0, 0.05) is 6.61 Å². The summed E-state index contributed by atoms with van der Waals surface area (Å²) in [6.45, 7) is 1.31. The number of unbranched alkanes of at least 4 members (excludes halogenated alkanes) is 9. The maximum absolute atomic E-state index is 10.6. The zero-order valence-corrected chi connectivity index (χ0v) is 20.7. The summed E-state index contributed by atoms with van der Waals surface area (Å²) in [5, 5.41) is 70.1. The Morgan fingerprint density at radius 2 is 1.09 bits per heavy atom. The predicted octanol–water partition coefficient (Wildman–Crippen LogP) is -0.452. The average molecular weight is 511 g/mol. The van der Waals surface area contributed by atoms with Crippen LogP contribution >= 0.6 is 0 Å². The van der Waals surface area contributed by atoms with E-state index >= 15 is 0 Å². The molecule has 0 spiro atoms. The molecule has 10 atom stereocenters. The van der Waals surface area contributed by atoms with Gasteiger partial charge in [0.1, 0.15) is 48.8 Å². The Morgan fingerprint density at radius 1 is 0.571 bits per heavy atom. The molecule has 2 aliphatic heterocycles. The lowest BCUT2D eigenvalue weighted by molar-refractivity contribution is -0.359. The zero-order chi connectivity index (χ0) is 25.8. The first kappa shape index (κ1) is 30.8. The molecule has 0 radical (unpaired) electrons. The Morgan fingerprint density at radius 3 is 1.66 bits per heavy atom. The van der Waals surface area contributed by atoms with Crippen LogP contribution in [0.3, 0.4) is 0 Å². The predicted molar refractivity (Wildman–Crippen MR) is 124 cm³/mol. The van der Waals surface area contributed by atoms with E-state index in [0.717, 1.165) is 19.3 Å². The van der Waals surface area contributed by atoms with E-state index in [-0.39, 0.29) is 0 Å². The highest BCUT2D eigenvalue weighted by molar-refractivity contribution is 4.94. The van der Waals surface area contributed by atoms with Gasteiger partial charge in [-0.05, 0) is 6.42 Å². The monoisotopic (exact) mass is 510 g/mol. The van der Waals surface area contributed by atoms with Gasteiger partial charge in [0.05, 0.1) is 13.2 Å². The molecule has 0 aromatic heterocycles. The summed E-state index contributed by atoms with van der Waals surface area (Å²) >= 11 is 0. The zero-order valence-electron chi connectivity index (χ0n) is 20.7. The molecule has 2 fully saturated rings. The minimum Gasteiger partial charge on any atom is -0.394 e. The highest BCUT2D eigenvalue weighted by atomic mass is 16.7. The Hall–Kier alpha value is -0.440. The van der Waals surface area contributed by atoms with Crippen LogP contribution in [-0.4, -0.2) is 117 Å². The van der Waals surface area contributed by atoms with Crippen LogP contribution in [0.25, 0.3) is 0 Å². The SMILES string of the molecule is CCCCCCCCCCCCO[C@@H]1OC(CO)[C@@H](O[C@@H]2OC(CO)[C@@H](O)[C@H](O)C2O)[C@H](O)C1O. The fourth-order valence-electron chi connectivity index (χ4n) is 4.48. The number of hydrogen-bond acceptors (Lipinski definition) is 11. The van der Waals surface area contributed by atoms with Crippen molar-refractivity contribution >= 4 is 0 Å². The van der Waals surface area contributed by atoms with Gasteiger partial charge in [-0.15, -0.1) is 0 Å². The largest absolute Gasteiger partial charge is 0.394 e. The van der Waals surface area contributed by atoms with E-state index in [1.165, 1.54) is 44.9 Å². The normalized spacial score (nSPS) is 38.1. The van der Waals surface area contributed by atoms with E-state index in [4.69, 9.17) is 18.9 Å². The smallest absolute Gasteiger partial charge is 0.187 e. The molecule has 4 unspecified atom stereocenters. The van der Waals surface area contributed by atoms with Gasteiger partial charge in [0.15, 0.2) is 12.6 Å². The van der Waals surface area contributed by atoms with E-state index < -0.39 is 74.6 Å². The molecule has 0 aliphatic carbocycles. The molecule has 2 saturated heterocycles. The molecular formula is C24H46O11. The maximum atomic E-state index is 10.6. The third kappa shape index (κ3) is 9.11. The van der Waals surface area contributed by atoms with Gasteiger partial charge in [-0.3, -0.25) is 0 Å². The van der Waals surface area contributed by atoms with Crippen molar-refractivity contribution in [3.05, 3.63) is 0 Å². The summed E-state index contributed by atoms with van der Waals surface area (Å²) in [7, 11) is 0. The molecule has 2 aliphatic rings. The van der Waals surface area contributed by atoms with Gasteiger partial charge in [-0.25, -0.2) is 0 Å². The molecule has 11 heteroatoms. The van der Waals surface area contributed by atoms with Crippen LogP contribution in [0.4, 0.5) is 0 Å². The highest BCUT2D eigenvalue weighted by Gasteiger charge is 2.50. The summed E-state index contributed by atoms with van der Waals surface area (Å²) in [5.74, 6) is 0. The van der Waals surface area contributed by atoms with Crippen molar-refractivity contribution in [3.63, 3.8) is 0 Å². The number of hydrogen-bond donors (Lipinski definition) is 7. The van der Waals surface area contributed by atoms with Crippen LogP contribution in [0.5, 0.6) is 0 Å². The van der Waals surface area contributed by atoms with Gasteiger partial charge in [0.2, 0.25) is 0 Å². The number of aliphatic hydroxyl groups is 7. The molecule has 7 N–H and O–H groups in total. The molecule has 208 valence electrons. The molecule has 0 bridgehead atoms. The van der Waals surface area contributed by atoms with E-state index in [9.17, 15) is 35.7 Å². The van der Waals surface area contributed by atoms with Gasteiger partial charge >= 0.3 is 0 Å². The highest BCUT2D eigenvalue weighted by Crippen LogP contribution is 2.29. The lowest BCUT2D eigenvalue weighted by Gasteiger charge is -2.45. The molecule has 0 aromatic carbocycles. The molecule has 0 amide bonds. The van der Waals surface area contributed by atoms with Crippen molar-refractivity contribution in [1.29, 1.82) is 0 Å². The summed E-state index contributed by atoms with van der Waals surface area (Å²) in [4.78, 5) is 0. The minimum atomic E-state index is -1.69. The lowest BCUT2D eigenvalue weighted by atomic mass is 9.97. The van der Waals surface area contributed by atoms with Crippen molar-refractivity contribution in [2.75, 3.05) is 19.8 Å². The second-order valence-electron chi connectivity index (χ2n) is 9.56. The van der Waals surface area contributed by atoms with Gasteiger partial charge in [-0.2, -0.15) is 0 Å². The Bertz CT molecular complexity index is 550. The summed E-state index contributed by atoms with van der Waals surface area (Å²) in [6, 6.07) is 0. The first-order chi connectivity index (χ1) is 16.8.